The number of hydrogen-bond donors (Lipinski definition) is 1. The van der Waals surface area contributed by atoms with E-state index in [1.807, 2.05) is 37.3 Å². The Morgan fingerprint density at radius 1 is 1.18 bits per heavy atom. The van der Waals surface area contributed by atoms with Gasteiger partial charge >= 0.3 is 0 Å². The molecule has 114 valence electrons. The summed E-state index contributed by atoms with van der Waals surface area (Å²) in [5.74, 6) is -0.162. The van der Waals surface area contributed by atoms with E-state index in [1.165, 1.54) is 18.0 Å². The zero-order chi connectivity index (χ0) is 15.9. The molecule has 0 saturated heterocycles. The number of carbonyl (C=O) groups is 1. The fraction of sp³-hybridized carbons (Fsp3) is 0.125. The standard InChI is InChI=1S/C16H14Cl2N2OS/c1-11(22-13-5-3-2-4-6-13)16(21)20-19-10-12-7-8-14(17)15(18)9-12/h2-11H,1H3,(H,20,21)/b19-10-/t11-/m0/s1. The van der Waals surface area contributed by atoms with Gasteiger partial charge in [0.15, 0.2) is 0 Å². The van der Waals surface area contributed by atoms with Gasteiger partial charge in [-0.05, 0) is 36.8 Å². The molecule has 0 unspecified atom stereocenters. The fourth-order valence-electron chi connectivity index (χ4n) is 1.61. The van der Waals surface area contributed by atoms with Gasteiger partial charge in [0.2, 0.25) is 0 Å². The van der Waals surface area contributed by atoms with E-state index in [9.17, 15) is 4.79 Å². The summed E-state index contributed by atoms with van der Waals surface area (Å²) in [7, 11) is 0. The zero-order valence-electron chi connectivity index (χ0n) is 11.8. The molecule has 2 aromatic rings. The van der Waals surface area contributed by atoms with Crippen LogP contribution in [0.3, 0.4) is 0 Å². The third kappa shape index (κ3) is 5.05. The summed E-state index contributed by atoms with van der Waals surface area (Å²) < 4.78 is 0. The van der Waals surface area contributed by atoms with Crippen LogP contribution in [0.5, 0.6) is 0 Å². The lowest BCUT2D eigenvalue weighted by Crippen LogP contribution is -2.26. The summed E-state index contributed by atoms with van der Waals surface area (Å²) in [6, 6.07) is 14.9. The van der Waals surface area contributed by atoms with Crippen molar-refractivity contribution in [2.45, 2.75) is 17.1 Å². The van der Waals surface area contributed by atoms with Crippen LogP contribution in [0.25, 0.3) is 0 Å². The lowest BCUT2D eigenvalue weighted by atomic mass is 10.2. The smallest absolute Gasteiger partial charge is 0.253 e. The predicted molar refractivity (Wildman–Crippen MR) is 94.0 cm³/mol. The molecule has 1 atom stereocenters. The molecule has 2 rings (SSSR count). The topological polar surface area (TPSA) is 41.5 Å². The highest BCUT2D eigenvalue weighted by Crippen LogP contribution is 2.23. The number of benzene rings is 2. The molecule has 0 heterocycles. The van der Waals surface area contributed by atoms with Crippen molar-refractivity contribution in [2.75, 3.05) is 0 Å². The maximum Gasteiger partial charge on any atom is 0.253 e. The van der Waals surface area contributed by atoms with Crippen molar-refractivity contribution < 1.29 is 4.79 Å². The van der Waals surface area contributed by atoms with Crippen LogP contribution in [0.2, 0.25) is 10.0 Å². The molecular weight excluding hydrogens is 339 g/mol. The zero-order valence-corrected chi connectivity index (χ0v) is 14.1. The van der Waals surface area contributed by atoms with Gasteiger partial charge in [0.1, 0.15) is 0 Å². The van der Waals surface area contributed by atoms with Crippen molar-refractivity contribution in [1.82, 2.24) is 5.43 Å². The van der Waals surface area contributed by atoms with Crippen molar-refractivity contribution in [1.29, 1.82) is 0 Å². The van der Waals surface area contributed by atoms with E-state index < -0.39 is 0 Å². The predicted octanol–water partition coefficient (Wildman–Crippen LogP) is 4.62. The van der Waals surface area contributed by atoms with Crippen molar-refractivity contribution >= 4 is 47.1 Å². The number of carbonyl (C=O) groups excluding carboxylic acids is 1. The van der Waals surface area contributed by atoms with Crippen LogP contribution in [0.4, 0.5) is 0 Å². The van der Waals surface area contributed by atoms with Crippen molar-refractivity contribution in [3.05, 3.63) is 64.1 Å². The van der Waals surface area contributed by atoms with Crippen molar-refractivity contribution in [3.8, 4) is 0 Å². The Balaban J connectivity index is 1.88. The average Bonchev–Trinajstić information content (AvgIpc) is 2.51. The third-order valence-electron chi connectivity index (χ3n) is 2.76. The largest absolute Gasteiger partial charge is 0.272 e. The average molecular weight is 353 g/mol. The Morgan fingerprint density at radius 2 is 1.91 bits per heavy atom. The van der Waals surface area contributed by atoms with Crippen molar-refractivity contribution in [2.24, 2.45) is 5.10 Å². The van der Waals surface area contributed by atoms with Gasteiger partial charge in [0.05, 0.1) is 21.5 Å². The molecule has 0 aliphatic heterocycles. The van der Waals surface area contributed by atoms with Gasteiger partial charge in [-0.3, -0.25) is 4.79 Å². The summed E-state index contributed by atoms with van der Waals surface area (Å²) in [6.45, 7) is 1.83. The highest BCUT2D eigenvalue weighted by molar-refractivity contribution is 8.00. The van der Waals surface area contributed by atoms with Gasteiger partial charge in [0.25, 0.3) is 5.91 Å². The van der Waals surface area contributed by atoms with Gasteiger partial charge in [0, 0.05) is 4.90 Å². The van der Waals surface area contributed by atoms with Crippen LogP contribution in [0, 0.1) is 0 Å². The quantitative estimate of drug-likeness (QED) is 0.484. The number of hydrogen-bond acceptors (Lipinski definition) is 3. The van der Waals surface area contributed by atoms with E-state index in [4.69, 9.17) is 23.2 Å². The van der Waals surface area contributed by atoms with Gasteiger partial charge in [-0.15, -0.1) is 11.8 Å². The molecule has 0 bridgehead atoms. The normalized spacial score (nSPS) is 12.3. The second-order valence-electron chi connectivity index (χ2n) is 4.48. The molecule has 0 spiro atoms. The third-order valence-corrected chi connectivity index (χ3v) is 4.61. The number of nitrogens with one attached hydrogen (secondary N) is 1. The van der Waals surface area contributed by atoms with Crippen LogP contribution < -0.4 is 5.43 Å². The maximum atomic E-state index is 12.0. The Labute approximate surface area is 143 Å². The van der Waals surface area contributed by atoms with E-state index in [1.54, 1.807) is 18.2 Å². The number of hydrazone groups is 1. The van der Waals surface area contributed by atoms with Crippen LogP contribution in [0.15, 0.2) is 58.5 Å². The van der Waals surface area contributed by atoms with Gasteiger partial charge in [-0.25, -0.2) is 5.43 Å². The first-order valence-electron chi connectivity index (χ1n) is 6.56. The number of halogens is 2. The van der Waals surface area contributed by atoms with Gasteiger partial charge < -0.3 is 0 Å². The molecule has 1 amide bonds. The monoisotopic (exact) mass is 352 g/mol. The minimum atomic E-state index is -0.242. The number of rotatable bonds is 5. The molecular formula is C16H14Cl2N2OS. The number of thioether (sulfide) groups is 1. The number of nitrogens with zero attached hydrogens (tertiary/aromatic N) is 1. The lowest BCUT2D eigenvalue weighted by molar-refractivity contribution is -0.120. The minimum Gasteiger partial charge on any atom is -0.272 e. The molecule has 1 N–H and O–H groups in total. The molecule has 0 aromatic heterocycles. The molecule has 0 fully saturated rings. The first-order chi connectivity index (χ1) is 10.6. The molecule has 0 saturated carbocycles. The van der Waals surface area contributed by atoms with Crippen LogP contribution in [-0.2, 0) is 4.79 Å². The summed E-state index contributed by atoms with van der Waals surface area (Å²) in [4.78, 5) is 13.0. The molecule has 0 aliphatic carbocycles. The van der Waals surface area contributed by atoms with Crippen molar-refractivity contribution in [3.63, 3.8) is 0 Å². The SMILES string of the molecule is C[C@H](Sc1ccccc1)C(=O)N/N=C\c1ccc(Cl)c(Cl)c1. The van der Waals surface area contributed by atoms with Gasteiger partial charge in [-0.1, -0.05) is 47.5 Å². The summed E-state index contributed by atoms with van der Waals surface area (Å²) in [5, 5.41) is 4.62. The minimum absolute atomic E-state index is 0.162. The summed E-state index contributed by atoms with van der Waals surface area (Å²) in [5.41, 5.74) is 3.28. The van der Waals surface area contributed by atoms with E-state index in [0.29, 0.717) is 10.0 Å². The van der Waals surface area contributed by atoms with Crippen LogP contribution in [0.1, 0.15) is 12.5 Å². The second-order valence-corrected chi connectivity index (χ2v) is 6.71. The molecule has 22 heavy (non-hydrogen) atoms. The first kappa shape index (κ1) is 16.9. The lowest BCUT2D eigenvalue weighted by Gasteiger charge is -2.09. The van der Waals surface area contributed by atoms with Gasteiger partial charge in [-0.2, -0.15) is 5.10 Å². The van der Waals surface area contributed by atoms with Crippen LogP contribution >= 0.6 is 35.0 Å². The van der Waals surface area contributed by atoms with E-state index in [0.717, 1.165) is 10.5 Å². The van der Waals surface area contributed by atoms with E-state index >= 15 is 0 Å². The molecule has 6 heteroatoms. The summed E-state index contributed by atoms with van der Waals surface area (Å²) >= 11 is 13.2. The Kier molecular flexibility index (Phi) is 6.31. The highest BCUT2D eigenvalue weighted by Gasteiger charge is 2.13. The maximum absolute atomic E-state index is 12.0. The Morgan fingerprint density at radius 3 is 2.59 bits per heavy atom. The van der Waals surface area contributed by atoms with Crippen LogP contribution in [-0.4, -0.2) is 17.4 Å². The second kappa shape index (κ2) is 8.22. The number of amides is 1. The Hall–Kier alpha value is -1.49. The molecule has 0 aliphatic rings. The first-order valence-corrected chi connectivity index (χ1v) is 8.19. The molecule has 0 radical (unpaired) electrons. The molecule has 2 aromatic carbocycles. The highest BCUT2D eigenvalue weighted by atomic mass is 35.5. The van der Waals surface area contributed by atoms with E-state index in [2.05, 4.69) is 10.5 Å². The Bertz CT molecular complexity index is 677. The van der Waals surface area contributed by atoms with E-state index in [-0.39, 0.29) is 11.2 Å². The fourth-order valence-corrected chi connectivity index (χ4v) is 2.80. The molecule has 3 nitrogen and oxygen atoms in total. The summed E-state index contributed by atoms with van der Waals surface area (Å²) in [6.07, 6.45) is 1.53.